The van der Waals surface area contributed by atoms with Gasteiger partial charge in [-0.1, -0.05) is 30.3 Å². The first-order valence-corrected chi connectivity index (χ1v) is 9.42. The van der Waals surface area contributed by atoms with E-state index in [9.17, 15) is 35.4 Å². The molecule has 1 aliphatic heterocycles. The average Bonchev–Trinajstić information content (AvgIpc) is 2.73. The summed E-state index contributed by atoms with van der Waals surface area (Å²) in [5.41, 5.74) is 0.680. The molecule has 1 saturated heterocycles. The monoisotopic (exact) mass is 420 g/mol. The van der Waals surface area contributed by atoms with Gasteiger partial charge in [0.1, 0.15) is 47.2 Å². The second-order valence-electron chi connectivity index (χ2n) is 7.06. The fourth-order valence-corrected chi connectivity index (χ4v) is 3.27. The Balaban J connectivity index is 1.72. The number of benzene rings is 2. The van der Waals surface area contributed by atoms with Crippen molar-refractivity contribution in [2.75, 3.05) is 6.61 Å². The fraction of sp³-hybridized carbons (Fsp3) is 0.381. The summed E-state index contributed by atoms with van der Waals surface area (Å²) in [4.78, 5) is 12.5. The third-order valence-corrected chi connectivity index (χ3v) is 4.93. The number of phenols is 2. The van der Waals surface area contributed by atoms with Gasteiger partial charge in [-0.15, -0.1) is 0 Å². The molecule has 3 rings (SSSR count). The van der Waals surface area contributed by atoms with Crippen molar-refractivity contribution in [3.8, 4) is 17.2 Å². The van der Waals surface area contributed by atoms with Gasteiger partial charge in [0.25, 0.3) is 0 Å². The standard InChI is InChI=1S/C21H24O9/c22-10-16-18(26)19(27)20(28)21(30-16)29-12-8-14(24)17(15(25)9-12)13(23)7-6-11-4-2-1-3-5-11/h1-5,8-9,16,18-22,24-28H,6-7,10H2/t16-,18-,19+,20-,21-/m0/s1. The van der Waals surface area contributed by atoms with E-state index in [1.807, 2.05) is 30.3 Å². The van der Waals surface area contributed by atoms with Crippen LogP contribution in [0.1, 0.15) is 22.3 Å². The van der Waals surface area contributed by atoms with Gasteiger partial charge in [0.05, 0.1) is 6.61 Å². The van der Waals surface area contributed by atoms with Crippen LogP contribution in [-0.2, 0) is 11.2 Å². The number of hydrogen-bond donors (Lipinski definition) is 6. The zero-order chi connectivity index (χ0) is 21.8. The predicted molar refractivity (Wildman–Crippen MR) is 103 cm³/mol. The number of carbonyl (C=O) groups excluding carboxylic acids is 1. The minimum Gasteiger partial charge on any atom is -0.507 e. The maximum Gasteiger partial charge on any atom is 0.229 e. The molecule has 1 fully saturated rings. The first-order valence-electron chi connectivity index (χ1n) is 9.42. The molecule has 0 amide bonds. The highest BCUT2D eigenvalue weighted by atomic mass is 16.7. The molecule has 2 aromatic carbocycles. The number of carbonyl (C=O) groups is 1. The van der Waals surface area contributed by atoms with Crippen LogP contribution in [0.15, 0.2) is 42.5 Å². The molecule has 2 aromatic rings. The van der Waals surface area contributed by atoms with Gasteiger partial charge in [0.15, 0.2) is 5.78 Å². The van der Waals surface area contributed by atoms with Crippen LogP contribution in [0.25, 0.3) is 0 Å². The van der Waals surface area contributed by atoms with E-state index >= 15 is 0 Å². The van der Waals surface area contributed by atoms with Crippen LogP contribution in [0.4, 0.5) is 0 Å². The van der Waals surface area contributed by atoms with Crippen molar-refractivity contribution in [1.29, 1.82) is 0 Å². The smallest absolute Gasteiger partial charge is 0.229 e. The Morgan fingerprint density at radius 1 is 0.967 bits per heavy atom. The van der Waals surface area contributed by atoms with Crippen molar-refractivity contribution >= 4 is 5.78 Å². The first kappa shape index (κ1) is 22.0. The Morgan fingerprint density at radius 2 is 1.60 bits per heavy atom. The third kappa shape index (κ3) is 4.72. The predicted octanol–water partition coefficient (Wildman–Crippen LogP) is 0.0920. The van der Waals surface area contributed by atoms with E-state index in [0.29, 0.717) is 6.42 Å². The SMILES string of the molecule is O=C(CCc1ccccc1)c1c(O)cc(O[C@H]2O[C@@H](CO)[C@H](O)[C@@H](O)[C@@H]2O)cc1O. The zero-order valence-electron chi connectivity index (χ0n) is 16.0. The Labute approximate surface area is 172 Å². The van der Waals surface area contributed by atoms with E-state index in [1.165, 1.54) is 0 Å². The highest BCUT2D eigenvalue weighted by Crippen LogP contribution is 2.35. The van der Waals surface area contributed by atoms with Gasteiger partial charge >= 0.3 is 0 Å². The number of rotatable bonds is 7. The Kier molecular flexibility index (Phi) is 6.91. The van der Waals surface area contributed by atoms with Crippen LogP contribution in [0.2, 0.25) is 0 Å². The highest BCUT2D eigenvalue weighted by molar-refractivity contribution is 6.01. The second kappa shape index (κ2) is 9.41. The van der Waals surface area contributed by atoms with Crippen LogP contribution in [0, 0.1) is 0 Å². The summed E-state index contributed by atoms with van der Waals surface area (Å²) >= 11 is 0. The number of aliphatic hydroxyl groups excluding tert-OH is 4. The minimum absolute atomic E-state index is 0.0675. The molecule has 6 N–H and O–H groups in total. The van der Waals surface area contributed by atoms with Crippen molar-refractivity contribution in [3.63, 3.8) is 0 Å². The summed E-state index contributed by atoms with van der Waals surface area (Å²) in [6.07, 6.45) is -6.99. The van der Waals surface area contributed by atoms with Gasteiger partial charge in [-0.3, -0.25) is 4.79 Å². The van der Waals surface area contributed by atoms with Crippen molar-refractivity contribution in [2.24, 2.45) is 0 Å². The van der Waals surface area contributed by atoms with Gasteiger partial charge in [-0.05, 0) is 12.0 Å². The normalized spacial score (nSPS) is 26.3. The average molecular weight is 420 g/mol. The lowest BCUT2D eigenvalue weighted by Crippen LogP contribution is -2.60. The van der Waals surface area contributed by atoms with Crippen LogP contribution in [-0.4, -0.2) is 73.7 Å². The molecule has 0 bridgehead atoms. The molecule has 5 atom stereocenters. The number of ketones is 1. The quantitative estimate of drug-likeness (QED) is 0.342. The summed E-state index contributed by atoms with van der Waals surface area (Å²) in [6.45, 7) is -0.629. The Morgan fingerprint density at radius 3 is 2.20 bits per heavy atom. The van der Waals surface area contributed by atoms with Crippen LogP contribution >= 0.6 is 0 Å². The van der Waals surface area contributed by atoms with Crippen LogP contribution in [0.5, 0.6) is 17.2 Å². The lowest BCUT2D eigenvalue weighted by Gasteiger charge is -2.39. The number of aromatic hydroxyl groups is 2. The summed E-state index contributed by atoms with van der Waals surface area (Å²) in [5.74, 6) is -1.65. The lowest BCUT2D eigenvalue weighted by molar-refractivity contribution is -0.277. The number of Topliss-reactive ketones (excluding diaryl/α,β-unsaturated/α-hetero) is 1. The van der Waals surface area contributed by atoms with Gasteiger partial charge in [0.2, 0.25) is 6.29 Å². The minimum atomic E-state index is -1.65. The number of ether oxygens (including phenoxy) is 2. The van der Waals surface area contributed by atoms with E-state index in [0.717, 1.165) is 17.7 Å². The van der Waals surface area contributed by atoms with Gasteiger partial charge in [-0.2, -0.15) is 0 Å². The topological polar surface area (TPSA) is 157 Å². The van der Waals surface area contributed by atoms with Crippen LogP contribution < -0.4 is 4.74 Å². The van der Waals surface area contributed by atoms with Crippen molar-refractivity contribution in [1.82, 2.24) is 0 Å². The molecule has 9 heteroatoms. The number of aliphatic hydroxyl groups is 4. The largest absolute Gasteiger partial charge is 0.507 e. The molecule has 1 heterocycles. The van der Waals surface area contributed by atoms with Crippen LogP contribution in [0.3, 0.4) is 0 Å². The summed E-state index contributed by atoms with van der Waals surface area (Å²) in [5, 5.41) is 59.3. The van der Waals surface area contributed by atoms with Gasteiger partial charge in [0, 0.05) is 18.6 Å². The van der Waals surface area contributed by atoms with E-state index < -0.39 is 54.6 Å². The summed E-state index contributed by atoms with van der Waals surface area (Å²) in [6, 6.07) is 11.4. The van der Waals surface area contributed by atoms with E-state index in [4.69, 9.17) is 9.47 Å². The zero-order valence-corrected chi connectivity index (χ0v) is 16.0. The molecule has 0 aliphatic carbocycles. The molecule has 0 spiro atoms. The first-order chi connectivity index (χ1) is 14.3. The maximum absolute atomic E-state index is 12.5. The molecular weight excluding hydrogens is 396 g/mol. The van der Waals surface area contributed by atoms with E-state index in [2.05, 4.69) is 0 Å². The fourth-order valence-electron chi connectivity index (χ4n) is 3.27. The Bertz CT molecular complexity index is 845. The highest BCUT2D eigenvalue weighted by Gasteiger charge is 2.44. The molecule has 30 heavy (non-hydrogen) atoms. The molecule has 162 valence electrons. The number of phenolic OH excluding ortho intramolecular Hbond substituents is 2. The number of aryl methyl sites for hydroxylation is 1. The maximum atomic E-state index is 12.5. The van der Waals surface area contributed by atoms with E-state index in [-0.39, 0.29) is 17.7 Å². The van der Waals surface area contributed by atoms with Crippen molar-refractivity contribution in [2.45, 2.75) is 43.5 Å². The summed E-state index contributed by atoms with van der Waals surface area (Å²) in [7, 11) is 0. The molecular formula is C21H24O9. The Hall–Kier alpha value is -2.69. The molecule has 9 nitrogen and oxygen atoms in total. The van der Waals surface area contributed by atoms with Gasteiger partial charge < -0.3 is 40.1 Å². The van der Waals surface area contributed by atoms with E-state index in [1.54, 1.807) is 0 Å². The van der Waals surface area contributed by atoms with Gasteiger partial charge in [-0.25, -0.2) is 0 Å². The molecule has 0 aromatic heterocycles. The second-order valence-corrected chi connectivity index (χ2v) is 7.06. The summed E-state index contributed by atoms with van der Waals surface area (Å²) < 4.78 is 10.6. The lowest BCUT2D eigenvalue weighted by atomic mass is 9.99. The molecule has 0 saturated carbocycles. The third-order valence-electron chi connectivity index (χ3n) is 4.93. The number of hydrogen-bond acceptors (Lipinski definition) is 9. The molecule has 1 aliphatic rings. The van der Waals surface area contributed by atoms with Crippen molar-refractivity contribution in [3.05, 3.63) is 53.6 Å². The molecule has 0 unspecified atom stereocenters. The van der Waals surface area contributed by atoms with Crippen molar-refractivity contribution < 1.29 is 44.9 Å². The molecule has 0 radical (unpaired) electrons.